The molecule has 36 heavy (non-hydrogen) atoms. The van der Waals surface area contributed by atoms with E-state index in [4.69, 9.17) is 0 Å². The summed E-state index contributed by atoms with van der Waals surface area (Å²) in [6, 6.07) is 21.1. The first-order valence-electron chi connectivity index (χ1n) is 12.6. The molecular weight excluding hydrogens is 436 g/mol. The van der Waals surface area contributed by atoms with Crippen molar-refractivity contribution in [2.45, 2.75) is 55.4 Å². The first-order chi connectivity index (χ1) is 17.2. The van der Waals surface area contributed by atoms with Gasteiger partial charge in [0.15, 0.2) is 0 Å². The van der Waals surface area contributed by atoms with Crippen LogP contribution in [0.15, 0.2) is 130 Å². The van der Waals surface area contributed by atoms with E-state index in [-0.39, 0.29) is 0 Å². The van der Waals surface area contributed by atoms with E-state index in [0.717, 1.165) is 33.9 Å². The van der Waals surface area contributed by atoms with Crippen LogP contribution in [0.25, 0.3) is 11.4 Å². The molecule has 186 valence electrons. The minimum Gasteiger partial charge on any atom is -0.351 e. The lowest BCUT2D eigenvalue weighted by Gasteiger charge is -2.32. The molecule has 0 bridgehead atoms. The van der Waals surface area contributed by atoms with Gasteiger partial charge in [0.2, 0.25) is 0 Å². The van der Waals surface area contributed by atoms with Gasteiger partial charge < -0.3 is 10.6 Å². The Morgan fingerprint density at radius 1 is 0.472 bits per heavy atom. The molecule has 0 amide bonds. The maximum atomic E-state index is 3.87. The Hall–Kier alpha value is -3.78. The van der Waals surface area contributed by atoms with Crippen molar-refractivity contribution in [3.8, 4) is 0 Å². The normalized spacial score (nSPS) is 17.1. The summed E-state index contributed by atoms with van der Waals surface area (Å²) in [5, 5.41) is 7.74. The van der Waals surface area contributed by atoms with E-state index in [2.05, 4.69) is 151 Å². The van der Waals surface area contributed by atoms with Crippen LogP contribution in [0.4, 0.5) is 0 Å². The zero-order valence-electron chi connectivity index (χ0n) is 23.1. The van der Waals surface area contributed by atoms with Crippen LogP contribution in [-0.2, 0) is 0 Å². The number of nitrogens with one attached hydrogen (secondary N) is 2. The number of rotatable bonds is 6. The summed E-state index contributed by atoms with van der Waals surface area (Å²) in [5.41, 5.74) is 14.1. The zero-order chi connectivity index (χ0) is 26.2. The number of allylic oxidation sites excluding steroid dienone is 10. The van der Waals surface area contributed by atoms with Crippen molar-refractivity contribution < 1.29 is 0 Å². The predicted octanol–water partition coefficient (Wildman–Crippen LogP) is 9.08. The molecule has 1 heterocycles. The van der Waals surface area contributed by atoms with Crippen molar-refractivity contribution in [3.05, 3.63) is 141 Å². The molecular formula is C34H40N2. The largest absolute Gasteiger partial charge is 0.351 e. The summed E-state index contributed by atoms with van der Waals surface area (Å²) >= 11 is 0. The lowest BCUT2D eigenvalue weighted by atomic mass is 9.94. The van der Waals surface area contributed by atoms with Crippen LogP contribution in [0.1, 0.15) is 66.5 Å². The molecule has 3 rings (SSSR count). The van der Waals surface area contributed by atoms with E-state index in [1.165, 1.54) is 33.4 Å². The van der Waals surface area contributed by atoms with Gasteiger partial charge >= 0.3 is 0 Å². The van der Waals surface area contributed by atoms with Gasteiger partial charge in [-0.2, -0.15) is 0 Å². The van der Waals surface area contributed by atoms with Crippen molar-refractivity contribution in [2.24, 2.45) is 0 Å². The summed E-state index contributed by atoms with van der Waals surface area (Å²) in [4.78, 5) is 0. The fourth-order valence-corrected chi connectivity index (χ4v) is 3.93. The summed E-state index contributed by atoms with van der Waals surface area (Å²) in [7, 11) is 0. The van der Waals surface area contributed by atoms with Crippen LogP contribution in [0.5, 0.6) is 0 Å². The maximum Gasteiger partial charge on any atom is 0.0703 e. The predicted molar refractivity (Wildman–Crippen MR) is 158 cm³/mol. The molecule has 0 atom stereocenters. The molecule has 0 radical (unpaired) electrons. The molecule has 2 aromatic carbocycles. The highest BCUT2D eigenvalue weighted by atomic mass is 15.1. The van der Waals surface area contributed by atoms with Gasteiger partial charge in [0, 0.05) is 11.1 Å². The second-order valence-electron chi connectivity index (χ2n) is 9.92. The Kier molecular flexibility index (Phi) is 9.13. The molecule has 2 nitrogen and oxygen atoms in total. The van der Waals surface area contributed by atoms with E-state index in [1.54, 1.807) is 0 Å². The van der Waals surface area contributed by atoms with Gasteiger partial charge in [-0.1, -0.05) is 96.1 Å². The van der Waals surface area contributed by atoms with Gasteiger partial charge in [-0.05, 0) is 77.7 Å². The van der Waals surface area contributed by atoms with Crippen molar-refractivity contribution in [1.82, 2.24) is 10.6 Å². The van der Waals surface area contributed by atoms with Gasteiger partial charge in [0.05, 0.1) is 22.8 Å². The fourth-order valence-electron chi connectivity index (χ4n) is 3.93. The lowest BCUT2D eigenvalue weighted by Crippen LogP contribution is -2.32. The first kappa shape index (κ1) is 26.8. The minimum absolute atomic E-state index is 1.08. The van der Waals surface area contributed by atoms with Crippen molar-refractivity contribution in [3.63, 3.8) is 0 Å². The highest BCUT2D eigenvalue weighted by molar-refractivity contribution is 5.93. The van der Waals surface area contributed by atoms with E-state index in [9.17, 15) is 0 Å². The van der Waals surface area contributed by atoms with E-state index < -0.39 is 0 Å². The molecule has 1 aliphatic heterocycles. The third-order valence-electron chi connectivity index (χ3n) is 6.39. The van der Waals surface area contributed by atoms with E-state index >= 15 is 0 Å². The van der Waals surface area contributed by atoms with E-state index in [1.807, 2.05) is 0 Å². The van der Waals surface area contributed by atoms with Crippen molar-refractivity contribution >= 4 is 11.4 Å². The van der Waals surface area contributed by atoms with Crippen molar-refractivity contribution in [1.29, 1.82) is 0 Å². The second-order valence-corrected chi connectivity index (χ2v) is 9.92. The van der Waals surface area contributed by atoms with Crippen LogP contribution < -0.4 is 10.6 Å². The Morgan fingerprint density at radius 2 is 0.806 bits per heavy atom. The monoisotopic (exact) mass is 476 g/mol. The Morgan fingerprint density at radius 3 is 1.11 bits per heavy atom. The van der Waals surface area contributed by atoms with Gasteiger partial charge in [0.1, 0.15) is 0 Å². The van der Waals surface area contributed by atoms with Gasteiger partial charge in [-0.25, -0.2) is 0 Å². The summed E-state index contributed by atoms with van der Waals surface area (Å²) < 4.78 is 0. The Bertz CT molecular complexity index is 1200. The SMILES string of the molecule is CC(C)=CC=C(C)C(C)=C1NC(c2ccccc2)=C(c2ccccc2)NC1=C(C)C(C)=CC=C(C)C. The van der Waals surface area contributed by atoms with E-state index in [0.29, 0.717) is 0 Å². The quantitative estimate of drug-likeness (QED) is 0.406. The Labute approximate surface area is 218 Å². The average molecular weight is 477 g/mol. The number of hydrogen-bond donors (Lipinski definition) is 2. The van der Waals surface area contributed by atoms with Crippen LogP contribution in [-0.4, -0.2) is 0 Å². The van der Waals surface area contributed by atoms with Crippen LogP contribution >= 0.6 is 0 Å². The number of hydrogen-bond acceptors (Lipinski definition) is 2. The smallest absolute Gasteiger partial charge is 0.0703 e. The molecule has 0 saturated carbocycles. The minimum atomic E-state index is 1.08. The first-order valence-corrected chi connectivity index (χ1v) is 12.6. The lowest BCUT2D eigenvalue weighted by molar-refractivity contribution is 0.912. The highest BCUT2D eigenvalue weighted by Crippen LogP contribution is 2.34. The van der Waals surface area contributed by atoms with Crippen molar-refractivity contribution in [2.75, 3.05) is 0 Å². The molecule has 2 N–H and O–H groups in total. The Balaban J connectivity index is 2.33. The molecule has 0 spiro atoms. The van der Waals surface area contributed by atoms with Gasteiger partial charge in [0.25, 0.3) is 0 Å². The summed E-state index contributed by atoms with van der Waals surface area (Å²) in [5.74, 6) is 0. The maximum absolute atomic E-state index is 3.87. The van der Waals surface area contributed by atoms with Crippen LogP contribution in [0, 0.1) is 0 Å². The average Bonchev–Trinajstić information content (AvgIpc) is 2.89. The zero-order valence-corrected chi connectivity index (χ0v) is 23.1. The third-order valence-corrected chi connectivity index (χ3v) is 6.39. The third kappa shape index (κ3) is 6.66. The summed E-state index contributed by atoms with van der Waals surface area (Å²) in [6.07, 6.45) is 8.76. The molecule has 0 aliphatic carbocycles. The molecule has 2 heteroatoms. The van der Waals surface area contributed by atoms with Gasteiger partial charge in [-0.3, -0.25) is 0 Å². The standard InChI is InChI=1S/C34H40N2/c1-23(2)19-21-25(5)27(7)31-32(28(8)26(6)22-20-24(3)4)36-34(30-17-13-10-14-18-30)33(35-31)29-15-11-9-12-16-29/h9-22,35-36H,1-8H3. The summed E-state index contributed by atoms with van der Waals surface area (Å²) in [6.45, 7) is 17.3. The molecule has 0 aromatic heterocycles. The van der Waals surface area contributed by atoms with Crippen LogP contribution in [0.2, 0.25) is 0 Å². The second kappa shape index (κ2) is 12.3. The fraction of sp³-hybridized carbons (Fsp3) is 0.235. The van der Waals surface area contributed by atoms with Crippen LogP contribution in [0.3, 0.4) is 0 Å². The molecule has 0 saturated heterocycles. The molecule has 2 aromatic rings. The molecule has 0 unspecified atom stereocenters. The topological polar surface area (TPSA) is 24.1 Å². The number of benzene rings is 2. The molecule has 1 aliphatic rings. The highest BCUT2D eigenvalue weighted by Gasteiger charge is 2.25. The molecule has 0 fully saturated rings. The van der Waals surface area contributed by atoms with Gasteiger partial charge in [-0.15, -0.1) is 0 Å².